The summed E-state index contributed by atoms with van der Waals surface area (Å²) in [7, 11) is 0. The van der Waals surface area contributed by atoms with Crippen molar-refractivity contribution >= 4 is 5.69 Å². The Morgan fingerprint density at radius 2 is 2.10 bits per heavy atom. The van der Waals surface area contributed by atoms with Gasteiger partial charge in [0, 0.05) is 17.7 Å². The van der Waals surface area contributed by atoms with Crippen molar-refractivity contribution in [2.45, 2.75) is 31.2 Å². The van der Waals surface area contributed by atoms with E-state index in [0.29, 0.717) is 0 Å². The standard InChI is InChI=1S/C14H16N4O2/c15-14(6-1-2-7-14)13-16-9-12(17-13)10-4-3-5-11(8-10)18(19)20/h3-5,8-9H,1-2,6-7,15H2,(H,16,17). The number of nitrogens with one attached hydrogen (secondary N) is 1. The first kappa shape index (κ1) is 12.8. The zero-order valence-corrected chi connectivity index (χ0v) is 11.0. The first-order chi connectivity index (χ1) is 9.58. The summed E-state index contributed by atoms with van der Waals surface area (Å²) >= 11 is 0. The number of benzene rings is 1. The number of imidazole rings is 1. The number of nitrogens with zero attached hydrogens (tertiary/aromatic N) is 2. The molecule has 0 unspecified atom stereocenters. The highest BCUT2D eigenvalue weighted by molar-refractivity contribution is 5.62. The molecule has 0 saturated heterocycles. The van der Waals surface area contributed by atoms with Gasteiger partial charge in [-0.1, -0.05) is 25.0 Å². The number of aromatic nitrogens is 2. The molecule has 6 nitrogen and oxygen atoms in total. The molecule has 1 aromatic carbocycles. The summed E-state index contributed by atoms with van der Waals surface area (Å²) in [6.07, 6.45) is 5.78. The Morgan fingerprint density at radius 1 is 1.35 bits per heavy atom. The van der Waals surface area contributed by atoms with Gasteiger partial charge in [0.25, 0.3) is 5.69 Å². The summed E-state index contributed by atoms with van der Waals surface area (Å²) in [4.78, 5) is 18.0. The van der Waals surface area contributed by atoms with Crippen molar-refractivity contribution < 1.29 is 4.92 Å². The van der Waals surface area contributed by atoms with Crippen molar-refractivity contribution in [3.05, 3.63) is 46.4 Å². The van der Waals surface area contributed by atoms with Crippen LogP contribution < -0.4 is 5.73 Å². The zero-order valence-electron chi connectivity index (χ0n) is 11.0. The Bertz CT molecular complexity index is 644. The maximum absolute atomic E-state index is 10.8. The van der Waals surface area contributed by atoms with Crippen LogP contribution in [0.3, 0.4) is 0 Å². The third kappa shape index (κ3) is 2.18. The highest BCUT2D eigenvalue weighted by Crippen LogP contribution is 2.35. The minimum absolute atomic E-state index is 0.0713. The predicted molar refractivity (Wildman–Crippen MR) is 75.0 cm³/mol. The third-order valence-electron chi connectivity index (χ3n) is 3.91. The minimum atomic E-state index is -0.401. The van der Waals surface area contributed by atoms with Crippen LogP contribution in [0.1, 0.15) is 31.5 Å². The fourth-order valence-corrected chi connectivity index (χ4v) is 2.75. The number of aromatic amines is 1. The van der Waals surface area contributed by atoms with E-state index in [4.69, 9.17) is 5.73 Å². The Hall–Kier alpha value is -2.21. The van der Waals surface area contributed by atoms with Crippen LogP contribution in [0.4, 0.5) is 5.69 Å². The second-order valence-electron chi connectivity index (χ2n) is 5.32. The predicted octanol–water partition coefficient (Wildman–Crippen LogP) is 2.71. The summed E-state index contributed by atoms with van der Waals surface area (Å²) < 4.78 is 0. The highest BCUT2D eigenvalue weighted by atomic mass is 16.6. The number of hydrogen-bond donors (Lipinski definition) is 2. The van der Waals surface area contributed by atoms with Crippen LogP contribution in [0.5, 0.6) is 0 Å². The van der Waals surface area contributed by atoms with E-state index in [1.807, 2.05) is 6.07 Å². The SMILES string of the molecule is NC1(c2ncc(-c3cccc([N+](=O)[O-])c3)[nH]2)CCCC1. The van der Waals surface area contributed by atoms with Crippen molar-refractivity contribution in [2.24, 2.45) is 5.73 Å². The molecule has 20 heavy (non-hydrogen) atoms. The fourth-order valence-electron chi connectivity index (χ4n) is 2.75. The quantitative estimate of drug-likeness (QED) is 0.663. The van der Waals surface area contributed by atoms with E-state index < -0.39 is 4.92 Å². The number of hydrogen-bond acceptors (Lipinski definition) is 4. The molecule has 1 aliphatic carbocycles. The lowest BCUT2D eigenvalue weighted by Gasteiger charge is -2.20. The summed E-state index contributed by atoms with van der Waals surface area (Å²) in [5, 5.41) is 10.8. The van der Waals surface area contributed by atoms with Crippen LogP contribution >= 0.6 is 0 Å². The van der Waals surface area contributed by atoms with Crippen LogP contribution in [0, 0.1) is 10.1 Å². The Morgan fingerprint density at radius 3 is 2.80 bits per heavy atom. The Balaban J connectivity index is 1.94. The molecule has 0 amide bonds. The number of rotatable bonds is 3. The van der Waals surface area contributed by atoms with E-state index in [2.05, 4.69) is 9.97 Å². The smallest absolute Gasteiger partial charge is 0.270 e. The molecule has 2 aromatic rings. The number of nitro benzene ring substituents is 1. The van der Waals surface area contributed by atoms with Crippen LogP contribution in [0.25, 0.3) is 11.3 Å². The average molecular weight is 272 g/mol. The average Bonchev–Trinajstić information content (AvgIpc) is 3.08. The molecule has 1 aromatic heterocycles. The van der Waals surface area contributed by atoms with Crippen LogP contribution in [-0.4, -0.2) is 14.9 Å². The summed E-state index contributed by atoms with van der Waals surface area (Å²) in [5.74, 6) is 0.775. The fraction of sp³-hybridized carbons (Fsp3) is 0.357. The molecule has 1 fully saturated rings. The van der Waals surface area contributed by atoms with Gasteiger partial charge in [-0.15, -0.1) is 0 Å². The number of non-ortho nitro benzene ring substituents is 1. The zero-order chi connectivity index (χ0) is 14.2. The molecule has 0 spiro atoms. The van der Waals surface area contributed by atoms with Gasteiger partial charge in [0.15, 0.2) is 0 Å². The van der Waals surface area contributed by atoms with Gasteiger partial charge in [-0.05, 0) is 12.8 Å². The molecule has 1 saturated carbocycles. The van der Waals surface area contributed by atoms with Crippen molar-refractivity contribution in [2.75, 3.05) is 0 Å². The van der Waals surface area contributed by atoms with E-state index in [9.17, 15) is 10.1 Å². The maximum atomic E-state index is 10.8. The third-order valence-corrected chi connectivity index (χ3v) is 3.91. The molecule has 0 aliphatic heterocycles. The lowest BCUT2D eigenvalue weighted by molar-refractivity contribution is -0.384. The van der Waals surface area contributed by atoms with E-state index >= 15 is 0 Å². The van der Waals surface area contributed by atoms with E-state index in [1.54, 1.807) is 12.3 Å². The van der Waals surface area contributed by atoms with Gasteiger partial charge < -0.3 is 10.7 Å². The van der Waals surface area contributed by atoms with E-state index in [-0.39, 0.29) is 11.2 Å². The molecule has 0 bridgehead atoms. The van der Waals surface area contributed by atoms with Crippen molar-refractivity contribution in [1.82, 2.24) is 9.97 Å². The van der Waals surface area contributed by atoms with Crippen LogP contribution in [0.15, 0.2) is 30.5 Å². The van der Waals surface area contributed by atoms with E-state index in [1.165, 1.54) is 12.1 Å². The second kappa shape index (κ2) is 4.72. The number of H-pyrrole nitrogens is 1. The molecule has 3 rings (SSSR count). The normalized spacial score (nSPS) is 17.2. The molecule has 104 valence electrons. The van der Waals surface area contributed by atoms with E-state index in [0.717, 1.165) is 42.8 Å². The molecule has 1 aliphatic rings. The lowest BCUT2D eigenvalue weighted by atomic mass is 9.99. The monoisotopic (exact) mass is 272 g/mol. The molecule has 3 N–H and O–H groups in total. The van der Waals surface area contributed by atoms with Crippen molar-refractivity contribution in [3.8, 4) is 11.3 Å². The Labute approximate surface area is 116 Å². The lowest BCUT2D eigenvalue weighted by Crippen LogP contribution is -2.34. The molecule has 0 atom stereocenters. The molecule has 1 heterocycles. The van der Waals surface area contributed by atoms with Gasteiger partial charge in [0.05, 0.1) is 22.4 Å². The van der Waals surface area contributed by atoms with Gasteiger partial charge in [-0.25, -0.2) is 4.98 Å². The molecule has 6 heteroatoms. The van der Waals surface area contributed by atoms with Crippen molar-refractivity contribution in [3.63, 3.8) is 0 Å². The largest absolute Gasteiger partial charge is 0.340 e. The van der Waals surface area contributed by atoms with Gasteiger partial charge in [-0.3, -0.25) is 10.1 Å². The maximum Gasteiger partial charge on any atom is 0.270 e. The van der Waals surface area contributed by atoms with Crippen LogP contribution in [-0.2, 0) is 5.54 Å². The number of nitro groups is 1. The molecule has 0 radical (unpaired) electrons. The summed E-state index contributed by atoms with van der Waals surface area (Å²) in [6, 6.07) is 6.50. The first-order valence-electron chi connectivity index (χ1n) is 6.68. The summed E-state index contributed by atoms with van der Waals surface area (Å²) in [6.45, 7) is 0. The molecular formula is C14H16N4O2. The first-order valence-corrected chi connectivity index (χ1v) is 6.68. The van der Waals surface area contributed by atoms with Gasteiger partial charge in [0.1, 0.15) is 5.82 Å². The minimum Gasteiger partial charge on any atom is -0.340 e. The van der Waals surface area contributed by atoms with Crippen molar-refractivity contribution in [1.29, 1.82) is 0 Å². The highest BCUT2D eigenvalue weighted by Gasteiger charge is 2.34. The van der Waals surface area contributed by atoms with Gasteiger partial charge >= 0.3 is 0 Å². The molecular weight excluding hydrogens is 256 g/mol. The van der Waals surface area contributed by atoms with Gasteiger partial charge in [-0.2, -0.15) is 0 Å². The topological polar surface area (TPSA) is 97.8 Å². The van der Waals surface area contributed by atoms with Gasteiger partial charge in [0.2, 0.25) is 0 Å². The number of nitrogens with two attached hydrogens (primary N) is 1. The second-order valence-corrected chi connectivity index (χ2v) is 5.32. The summed E-state index contributed by atoms with van der Waals surface area (Å²) in [5.41, 5.74) is 7.56. The Kier molecular flexibility index (Phi) is 3.02. The van der Waals surface area contributed by atoms with Crippen LogP contribution in [0.2, 0.25) is 0 Å².